The Hall–Kier alpha value is -1.90. The second kappa shape index (κ2) is 4.41. The average molecular weight is 240 g/mol. The van der Waals surface area contributed by atoms with E-state index in [4.69, 9.17) is 4.74 Å². The van der Waals surface area contributed by atoms with Crippen LogP contribution in [0.3, 0.4) is 0 Å². The number of nitrogens with zero attached hydrogens (tertiary/aromatic N) is 2. The van der Waals surface area contributed by atoms with E-state index in [1.54, 1.807) is 0 Å². The number of hydrogen-bond donors (Lipinski definition) is 0. The van der Waals surface area contributed by atoms with Gasteiger partial charge in [-0.15, -0.1) is 0 Å². The Bertz CT molecular complexity index is 599. The molecule has 1 atom stereocenters. The fraction of sp³-hybridized carbons (Fsp3) is 0.333. The molecule has 1 aromatic carbocycles. The number of pyridine rings is 1. The smallest absolute Gasteiger partial charge is 0.236 e. The van der Waals surface area contributed by atoms with Gasteiger partial charge in [0.2, 0.25) is 5.90 Å². The third-order valence-electron chi connectivity index (χ3n) is 3.32. The molecule has 1 aliphatic rings. The van der Waals surface area contributed by atoms with E-state index in [1.807, 2.05) is 24.4 Å². The van der Waals surface area contributed by atoms with E-state index in [9.17, 15) is 0 Å². The van der Waals surface area contributed by atoms with Crippen LogP contribution in [0.2, 0.25) is 0 Å². The lowest BCUT2D eigenvalue weighted by atomic mass is 10.1. The highest BCUT2D eigenvalue weighted by Gasteiger charge is 2.24. The van der Waals surface area contributed by atoms with Gasteiger partial charge in [-0.25, -0.2) is 4.99 Å². The van der Waals surface area contributed by atoms with E-state index >= 15 is 0 Å². The molecule has 0 bridgehead atoms. The van der Waals surface area contributed by atoms with Crippen molar-refractivity contribution in [3.05, 3.63) is 42.2 Å². The molecular weight excluding hydrogens is 224 g/mol. The highest BCUT2D eigenvalue weighted by molar-refractivity contribution is 6.05. The van der Waals surface area contributed by atoms with Crippen LogP contribution in [0.1, 0.15) is 19.5 Å². The molecule has 2 aromatic rings. The monoisotopic (exact) mass is 240 g/mol. The molecule has 3 heteroatoms. The van der Waals surface area contributed by atoms with Gasteiger partial charge in [-0.05, 0) is 17.4 Å². The van der Waals surface area contributed by atoms with Gasteiger partial charge in [0.05, 0.1) is 6.04 Å². The largest absolute Gasteiger partial charge is 0.474 e. The first-order chi connectivity index (χ1) is 8.75. The minimum absolute atomic E-state index is 0.251. The third-order valence-corrected chi connectivity index (χ3v) is 3.32. The van der Waals surface area contributed by atoms with E-state index in [2.05, 4.69) is 36.0 Å². The molecule has 0 radical (unpaired) electrons. The van der Waals surface area contributed by atoms with Crippen LogP contribution in [0.4, 0.5) is 0 Å². The van der Waals surface area contributed by atoms with Gasteiger partial charge >= 0.3 is 0 Å². The van der Waals surface area contributed by atoms with Crippen molar-refractivity contribution >= 4 is 16.7 Å². The highest BCUT2D eigenvalue weighted by atomic mass is 16.5. The summed E-state index contributed by atoms with van der Waals surface area (Å²) in [6, 6.07) is 10.4. The van der Waals surface area contributed by atoms with Crippen molar-refractivity contribution < 1.29 is 4.74 Å². The molecule has 0 N–H and O–H groups in total. The maximum absolute atomic E-state index is 5.71. The van der Waals surface area contributed by atoms with Crippen LogP contribution in [0.25, 0.3) is 10.8 Å². The predicted octanol–water partition coefficient (Wildman–Crippen LogP) is 3.04. The third kappa shape index (κ3) is 1.86. The number of ether oxygens (including phenoxy) is 1. The fourth-order valence-corrected chi connectivity index (χ4v) is 2.15. The van der Waals surface area contributed by atoms with Gasteiger partial charge in [0, 0.05) is 11.6 Å². The summed E-state index contributed by atoms with van der Waals surface area (Å²) in [5.41, 5.74) is 0.858. The summed E-state index contributed by atoms with van der Waals surface area (Å²) in [6.07, 6.45) is 1.81. The Labute approximate surface area is 107 Å². The van der Waals surface area contributed by atoms with Gasteiger partial charge in [0.25, 0.3) is 0 Å². The first-order valence-corrected chi connectivity index (χ1v) is 6.30. The van der Waals surface area contributed by atoms with Crippen LogP contribution >= 0.6 is 0 Å². The van der Waals surface area contributed by atoms with E-state index in [1.165, 1.54) is 5.39 Å². The van der Waals surface area contributed by atoms with Crippen LogP contribution in [0.15, 0.2) is 41.5 Å². The Morgan fingerprint density at radius 1 is 1.22 bits per heavy atom. The van der Waals surface area contributed by atoms with Gasteiger partial charge in [-0.2, -0.15) is 0 Å². The van der Waals surface area contributed by atoms with Crippen molar-refractivity contribution in [2.24, 2.45) is 10.9 Å². The summed E-state index contributed by atoms with van der Waals surface area (Å²) in [5, 5.41) is 2.27. The number of benzene rings is 1. The van der Waals surface area contributed by atoms with Crippen molar-refractivity contribution in [1.82, 2.24) is 4.98 Å². The SMILES string of the molecule is CC(C)C1COC(c2nccc3ccccc23)=N1. The lowest BCUT2D eigenvalue weighted by Crippen LogP contribution is -2.13. The van der Waals surface area contributed by atoms with Gasteiger partial charge in [-0.1, -0.05) is 38.1 Å². The van der Waals surface area contributed by atoms with Gasteiger partial charge in [0.1, 0.15) is 12.3 Å². The molecule has 1 aliphatic heterocycles. The first kappa shape index (κ1) is 11.2. The zero-order valence-corrected chi connectivity index (χ0v) is 10.6. The quantitative estimate of drug-likeness (QED) is 0.808. The topological polar surface area (TPSA) is 34.5 Å². The van der Waals surface area contributed by atoms with E-state index in [-0.39, 0.29) is 6.04 Å². The van der Waals surface area contributed by atoms with E-state index in [0.29, 0.717) is 18.4 Å². The Morgan fingerprint density at radius 2 is 2.06 bits per heavy atom. The molecule has 0 saturated carbocycles. The number of aliphatic imine (C=N–C) groups is 1. The Kier molecular flexibility index (Phi) is 2.74. The standard InChI is InChI=1S/C15H16N2O/c1-10(2)13-9-18-15(17-13)14-12-6-4-3-5-11(12)7-8-16-14/h3-8,10,13H,9H2,1-2H3. The summed E-state index contributed by atoms with van der Waals surface area (Å²) >= 11 is 0. The zero-order valence-electron chi connectivity index (χ0n) is 10.6. The van der Waals surface area contributed by atoms with Crippen LogP contribution in [-0.2, 0) is 4.74 Å². The summed E-state index contributed by atoms with van der Waals surface area (Å²) < 4.78 is 5.71. The number of fused-ring (bicyclic) bond motifs is 1. The molecule has 0 aliphatic carbocycles. The van der Waals surface area contributed by atoms with E-state index < -0.39 is 0 Å². The molecule has 0 saturated heterocycles. The first-order valence-electron chi connectivity index (χ1n) is 6.30. The predicted molar refractivity (Wildman–Crippen MR) is 72.9 cm³/mol. The van der Waals surface area contributed by atoms with Crippen molar-refractivity contribution in [3.8, 4) is 0 Å². The summed E-state index contributed by atoms with van der Waals surface area (Å²) in [7, 11) is 0. The van der Waals surface area contributed by atoms with Gasteiger partial charge in [-0.3, -0.25) is 4.98 Å². The maximum Gasteiger partial charge on any atom is 0.236 e. The van der Waals surface area contributed by atoms with Gasteiger partial charge in [0.15, 0.2) is 0 Å². The number of rotatable bonds is 2. The summed E-state index contributed by atoms with van der Waals surface area (Å²) in [4.78, 5) is 9.07. The van der Waals surface area contributed by atoms with Gasteiger partial charge < -0.3 is 4.74 Å². The average Bonchev–Trinajstić information content (AvgIpc) is 2.87. The second-order valence-corrected chi connectivity index (χ2v) is 4.94. The van der Waals surface area contributed by atoms with Crippen LogP contribution < -0.4 is 0 Å². The molecule has 0 spiro atoms. The molecule has 1 aromatic heterocycles. The molecule has 92 valence electrons. The molecule has 18 heavy (non-hydrogen) atoms. The zero-order chi connectivity index (χ0) is 12.5. The van der Waals surface area contributed by atoms with Crippen LogP contribution in [0, 0.1) is 5.92 Å². The minimum atomic E-state index is 0.251. The van der Waals surface area contributed by atoms with Crippen molar-refractivity contribution in [2.75, 3.05) is 6.61 Å². The fourth-order valence-electron chi connectivity index (χ4n) is 2.15. The molecule has 0 fully saturated rings. The molecule has 2 heterocycles. The second-order valence-electron chi connectivity index (χ2n) is 4.94. The summed E-state index contributed by atoms with van der Waals surface area (Å²) in [5.74, 6) is 1.18. The molecule has 3 nitrogen and oxygen atoms in total. The maximum atomic E-state index is 5.71. The van der Waals surface area contributed by atoms with Crippen molar-refractivity contribution in [3.63, 3.8) is 0 Å². The molecule has 1 unspecified atom stereocenters. The Morgan fingerprint density at radius 3 is 2.83 bits per heavy atom. The number of hydrogen-bond acceptors (Lipinski definition) is 3. The van der Waals surface area contributed by atoms with Crippen molar-refractivity contribution in [1.29, 1.82) is 0 Å². The molecule has 3 rings (SSSR count). The van der Waals surface area contributed by atoms with Crippen LogP contribution in [0.5, 0.6) is 0 Å². The lowest BCUT2D eigenvalue weighted by Gasteiger charge is -2.06. The lowest BCUT2D eigenvalue weighted by molar-refractivity contribution is 0.291. The molecular formula is C15H16N2O. The van der Waals surface area contributed by atoms with Crippen molar-refractivity contribution in [2.45, 2.75) is 19.9 Å². The molecule has 0 amide bonds. The summed E-state index contributed by atoms with van der Waals surface area (Å²) in [6.45, 7) is 4.99. The Balaban J connectivity index is 2.08. The van der Waals surface area contributed by atoms with E-state index in [0.717, 1.165) is 11.1 Å². The van der Waals surface area contributed by atoms with Crippen LogP contribution in [-0.4, -0.2) is 23.5 Å². The number of aromatic nitrogens is 1. The normalized spacial score (nSPS) is 19.1. The minimum Gasteiger partial charge on any atom is -0.474 e. The highest BCUT2D eigenvalue weighted by Crippen LogP contribution is 2.22.